The van der Waals surface area contributed by atoms with Gasteiger partial charge in [0.1, 0.15) is 0 Å². The van der Waals surface area contributed by atoms with E-state index in [1.165, 1.54) is 12.8 Å². The molecule has 0 aromatic heterocycles. The molecule has 0 spiro atoms. The van der Waals surface area contributed by atoms with Crippen molar-refractivity contribution in [3.05, 3.63) is 29.3 Å². The van der Waals surface area contributed by atoms with Crippen molar-refractivity contribution in [1.82, 2.24) is 4.90 Å². The average Bonchev–Trinajstić information content (AvgIpc) is 3.15. The number of carbonyl (C=O) groups excluding carboxylic acids is 1. The Kier molecular flexibility index (Phi) is 3.90. The van der Waals surface area contributed by atoms with Crippen molar-refractivity contribution in [2.75, 3.05) is 18.8 Å². The molecule has 3 heteroatoms. The van der Waals surface area contributed by atoms with E-state index in [1.54, 1.807) is 0 Å². The topological polar surface area (TPSA) is 46.3 Å². The second-order valence-electron chi connectivity index (χ2n) is 5.21. The van der Waals surface area contributed by atoms with E-state index in [0.29, 0.717) is 5.69 Å². The van der Waals surface area contributed by atoms with E-state index in [2.05, 4.69) is 6.92 Å². The zero-order valence-corrected chi connectivity index (χ0v) is 11.3. The number of rotatable bonds is 5. The van der Waals surface area contributed by atoms with Crippen molar-refractivity contribution < 1.29 is 4.79 Å². The first kappa shape index (κ1) is 12.9. The van der Waals surface area contributed by atoms with Crippen LogP contribution in [0.3, 0.4) is 0 Å². The summed E-state index contributed by atoms with van der Waals surface area (Å²) in [5.74, 6) is 0.857. The molecule has 0 heterocycles. The molecular formula is C15H22N2O. The zero-order chi connectivity index (χ0) is 13.1. The van der Waals surface area contributed by atoms with Crippen LogP contribution in [0.5, 0.6) is 0 Å². The molecule has 2 N–H and O–H groups in total. The van der Waals surface area contributed by atoms with Gasteiger partial charge >= 0.3 is 0 Å². The summed E-state index contributed by atoms with van der Waals surface area (Å²) in [5, 5.41) is 0. The minimum Gasteiger partial charge on any atom is -0.398 e. The Bertz CT molecular complexity index is 438. The molecule has 0 saturated heterocycles. The number of hydrogen-bond acceptors (Lipinski definition) is 2. The molecule has 1 amide bonds. The maximum Gasteiger partial charge on any atom is 0.254 e. The molecule has 1 aliphatic rings. The second kappa shape index (κ2) is 5.42. The lowest BCUT2D eigenvalue weighted by molar-refractivity contribution is 0.0747. The highest BCUT2D eigenvalue weighted by molar-refractivity contribution is 5.96. The molecule has 0 bridgehead atoms. The van der Waals surface area contributed by atoms with Crippen molar-refractivity contribution in [3.63, 3.8) is 0 Å². The summed E-state index contributed by atoms with van der Waals surface area (Å²) < 4.78 is 0. The number of amides is 1. The molecule has 0 radical (unpaired) electrons. The summed E-state index contributed by atoms with van der Waals surface area (Å²) in [4.78, 5) is 14.5. The Labute approximate surface area is 109 Å². The maximum absolute atomic E-state index is 12.5. The molecule has 98 valence electrons. The SMILES string of the molecule is CCCN(CC1CC1)C(=O)c1cccc(N)c1C. The molecule has 1 aromatic rings. The first-order chi connectivity index (χ1) is 8.63. The zero-order valence-electron chi connectivity index (χ0n) is 11.3. The number of nitrogens with zero attached hydrogens (tertiary/aromatic N) is 1. The minimum atomic E-state index is 0.133. The highest BCUT2D eigenvalue weighted by Gasteiger charge is 2.27. The van der Waals surface area contributed by atoms with E-state index in [0.717, 1.165) is 36.6 Å². The Morgan fingerprint density at radius 3 is 2.78 bits per heavy atom. The van der Waals surface area contributed by atoms with Crippen LogP contribution in [-0.2, 0) is 0 Å². The van der Waals surface area contributed by atoms with Crippen LogP contribution >= 0.6 is 0 Å². The summed E-state index contributed by atoms with van der Waals surface area (Å²) in [5.41, 5.74) is 8.23. The molecule has 2 rings (SSSR count). The fourth-order valence-electron chi connectivity index (χ4n) is 2.21. The van der Waals surface area contributed by atoms with E-state index in [-0.39, 0.29) is 5.91 Å². The monoisotopic (exact) mass is 246 g/mol. The van der Waals surface area contributed by atoms with Gasteiger partial charge in [-0.05, 0) is 49.8 Å². The van der Waals surface area contributed by atoms with Gasteiger partial charge in [-0.15, -0.1) is 0 Å². The molecule has 0 atom stereocenters. The van der Waals surface area contributed by atoms with Gasteiger partial charge in [0.05, 0.1) is 0 Å². The van der Waals surface area contributed by atoms with Crippen LogP contribution in [-0.4, -0.2) is 23.9 Å². The first-order valence-corrected chi connectivity index (χ1v) is 6.77. The molecule has 1 saturated carbocycles. The van der Waals surface area contributed by atoms with Crippen molar-refractivity contribution in [1.29, 1.82) is 0 Å². The fraction of sp³-hybridized carbons (Fsp3) is 0.533. The van der Waals surface area contributed by atoms with Crippen LogP contribution in [0.4, 0.5) is 5.69 Å². The number of benzene rings is 1. The predicted octanol–water partition coefficient (Wildman–Crippen LogP) is 2.84. The third-order valence-electron chi connectivity index (χ3n) is 3.56. The van der Waals surface area contributed by atoms with Crippen molar-refractivity contribution in [2.24, 2.45) is 5.92 Å². The highest BCUT2D eigenvalue weighted by Crippen LogP contribution is 2.30. The van der Waals surface area contributed by atoms with E-state index in [4.69, 9.17) is 5.73 Å². The van der Waals surface area contributed by atoms with E-state index in [1.807, 2.05) is 30.0 Å². The molecule has 1 fully saturated rings. The number of carbonyl (C=O) groups is 1. The summed E-state index contributed by atoms with van der Waals surface area (Å²) in [7, 11) is 0. The van der Waals surface area contributed by atoms with Gasteiger partial charge in [-0.2, -0.15) is 0 Å². The van der Waals surface area contributed by atoms with Crippen molar-refractivity contribution >= 4 is 11.6 Å². The van der Waals surface area contributed by atoms with Crippen LogP contribution in [0.2, 0.25) is 0 Å². The van der Waals surface area contributed by atoms with Gasteiger partial charge in [0, 0.05) is 24.3 Å². The lowest BCUT2D eigenvalue weighted by Crippen LogP contribution is -2.34. The highest BCUT2D eigenvalue weighted by atomic mass is 16.2. The normalized spacial score (nSPS) is 14.6. The van der Waals surface area contributed by atoms with E-state index < -0.39 is 0 Å². The Balaban J connectivity index is 2.17. The molecule has 0 unspecified atom stereocenters. The fourth-order valence-corrected chi connectivity index (χ4v) is 2.21. The Morgan fingerprint density at radius 1 is 1.44 bits per heavy atom. The standard InChI is InChI=1S/C15H22N2O/c1-3-9-17(10-12-7-8-12)15(18)13-5-4-6-14(16)11(13)2/h4-6,12H,3,7-10,16H2,1-2H3. The molecule has 0 aliphatic heterocycles. The largest absolute Gasteiger partial charge is 0.398 e. The summed E-state index contributed by atoms with van der Waals surface area (Å²) in [6.45, 7) is 5.77. The molecular weight excluding hydrogens is 224 g/mol. The number of anilines is 1. The van der Waals surface area contributed by atoms with Gasteiger partial charge in [-0.25, -0.2) is 0 Å². The summed E-state index contributed by atoms with van der Waals surface area (Å²) in [6, 6.07) is 5.58. The lowest BCUT2D eigenvalue weighted by Gasteiger charge is -2.23. The lowest BCUT2D eigenvalue weighted by atomic mass is 10.1. The van der Waals surface area contributed by atoms with Gasteiger partial charge in [0.25, 0.3) is 5.91 Å². The van der Waals surface area contributed by atoms with Gasteiger partial charge in [-0.3, -0.25) is 4.79 Å². The quantitative estimate of drug-likeness (QED) is 0.812. The third-order valence-corrected chi connectivity index (χ3v) is 3.56. The molecule has 18 heavy (non-hydrogen) atoms. The maximum atomic E-state index is 12.5. The molecule has 1 aliphatic carbocycles. The third kappa shape index (κ3) is 2.84. The van der Waals surface area contributed by atoms with Crippen LogP contribution in [0.15, 0.2) is 18.2 Å². The van der Waals surface area contributed by atoms with Crippen LogP contribution in [0.1, 0.15) is 42.1 Å². The average molecular weight is 246 g/mol. The number of nitrogen functional groups attached to an aromatic ring is 1. The first-order valence-electron chi connectivity index (χ1n) is 6.77. The molecule has 1 aromatic carbocycles. The summed E-state index contributed by atoms with van der Waals surface area (Å²) in [6.07, 6.45) is 3.53. The van der Waals surface area contributed by atoms with Gasteiger partial charge < -0.3 is 10.6 Å². The van der Waals surface area contributed by atoms with Gasteiger partial charge in [0.15, 0.2) is 0 Å². The minimum absolute atomic E-state index is 0.133. The Morgan fingerprint density at radius 2 is 2.17 bits per heavy atom. The Hall–Kier alpha value is -1.51. The number of hydrogen-bond donors (Lipinski definition) is 1. The van der Waals surface area contributed by atoms with E-state index >= 15 is 0 Å². The van der Waals surface area contributed by atoms with E-state index in [9.17, 15) is 4.79 Å². The summed E-state index contributed by atoms with van der Waals surface area (Å²) >= 11 is 0. The van der Waals surface area contributed by atoms with Crippen molar-refractivity contribution in [3.8, 4) is 0 Å². The second-order valence-corrected chi connectivity index (χ2v) is 5.21. The van der Waals surface area contributed by atoms with Crippen LogP contribution in [0, 0.1) is 12.8 Å². The van der Waals surface area contributed by atoms with Gasteiger partial charge in [-0.1, -0.05) is 13.0 Å². The number of nitrogens with two attached hydrogens (primary N) is 1. The predicted molar refractivity (Wildman–Crippen MR) is 74.5 cm³/mol. The van der Waals surface area contributed by atoms with Crippen molar-refractivity contribution in [2.45, 2.75) is 33.1 Å². The van der Waals surface area contributed by atoms with Gasteiger partial charge in [0.2, 0.25) is 0 Å². The van der Waals surface area contributed by atoms with Crippen LogP contribution in [0.25, 0.3) is 0 Å². The van der Waals surface area contributed by atoms with Crippen LogP contribution < -0.4 is 5.73 Å². The molecule has 3 nitrogen and oxygen atoms in total. The smallest absolute Gasteiger partial charge is 0.254 e.